The van der Waals surface area contributed by atoms with Crippen molar-refractivity contribution >= 4 is 47.1 Å². The number of nitrogens with zero attached hydrogens (tertiary/aromatic N) is 4. The molecule has 160 valence electrons. The van der Waals surface area contributed by atoms with Gasteiger partial charge >= 0.3 is 0 Å². The summed E-state index contributed by atoms with van der Waals surface area (Å²) >= 11 is 13.2. The van der Waals surface area contributed by atoms with E-state index in [1.807, 2.05) is 59.2 Å². The van der Waals surface area contributed by atoms with Crippen molar-refractivity contribution in [2.45, 2.75) is 5.16 Å². The fourth-order valence-corrected chi connectivity index (χ4v) is 3.85. The fraction of sp³-hybridized carbons (Fsp3) is 0.0435. The third-order valence-electron chi connectivity index (χ3n) is 4.36. The molecule has 0 bridgehead atoms. The van der Waals surface area contributed by atoms with E-state index in [2.05, 4.69) is 20.7 Å². The highest BCUT2D eigenvalue weighted by Crippen LogP contribution is 2.28. The molecule has 4 aromatic rings. The van der Waals surface area contributed by atoms with Crippen molar-refractivity contribution in [2.24, 2.45) is 5.10 Å². The van der Waals surface area contributed by atoms with Crippen LogP contribution in [0, 0.1) is 0 Å². The van der Waals surface area contributed by atoms with E-state index >= 15 is 0 Å². The van der Waals surface area contributed by atoms with Gasteiger partial charge in [0, 0.05) is 21.3 Å². The van der Waals surface area contributed by atoms with E-state index in [0.29, 0.717) is 21.0 Å². The van der Waals surface area contributed by atoms with Crippen LogP contribution in [-0.4, -0.2) is 32.6 Å². The van der Waals surface area contributed by atoms with Gasteiger partial charge in [-0.2, -0.15) is 5.10 Å². The average molecular weight is 482 g/mol. The third-order valence-corrected chi connectivity index (χ3v) is 5.79. The molecular formula is C23H17Cl2N5OS. The maximum Gasteiger partial charge on any atom is 0.250 e. The van der Waals surface area contributed by atoms with Gasteiger partial charge in [-0.3, -0.25) is 9.36 Å². The normalized spacial score (nSPS) is 11.1. The Morgan fingerprint density at radius 1 is 0.938 bits per heavy atom. The summed E-state index contributed by atoms with van der Waals surface area (Å²) in [5, 5.41) is 14.5. The Morgan fingerprint density at radius 2 is 1.59 bits per heavy atom. The van der Waals surface area contributed by atoms with Crippen molar-refractivity contribution in [2.75, 3.05) is 5.75 Å². The van der Waals surface area contributed by atoms with Gasteiger partial charge in [0.15, 0.2) is 11.0 Å². The SMILES string of the molecule is O=C(CSc1nnc(-c2ccc(Cl)cc2)n1-c1ccccc1)NN=Cc1ccc(Cl)cc1. The summed E-state index contributed by atoms with van der Waals surface area (Å²) in [7, 11) is 0. The number of hydrogen-bond donors (Lipinski definition) is 1. The molecule has 0 aliphatic rings. The minimum absolute atomic E-state index is 0.129. The maximum absolute atomic E-state index is 12.3. The van der Waals surface area contributed by atoms with Crippen LogP contribution in [0.4, 0.5) is 0 Å². The number of hydrogen-bond acceptors (Lipinski definition) is 5. The Morgan fingerprint density at radius 3 is 2.28 bits per heavy atom. The molecule has 0 fully saturated rings. The third kappa shape index (κ3) is 5.56. The Hall–Kier alpha value is -3.13. The molecule has 9 heteroatoms. The molecule has 0 aliphatic heterocycles. The number of hydrazone groups is 1. The molecule has 1 N–H and O–H groups in total. The van der Waals surface area contributed by atoms with Crippen LogP contribution in [-0.2, 0) is 4.79 Å². The minimum Gasteiger partial charge on any atom is -0.272 e. The molecule has 1 aromatic heterocycles. The van der Waals surface area contributed by atoms with Crippen LogP contribution in [0.2, 0.25) is 10.0 Å². The number of para-hydroxylation sites is 1. The molecule has 0 radical (unpaired) electrons. The molecule has 0 saturated heterocycles. The Bertz CT molecular complexity index is 1230. The second-order valence-electron chi connectivity index (χ2n) is 6.62. The second-order valence-corrected chi connectivity index (χ2v) is 8.43. The molecule has 1 heterocycles. The first kappa shape index (κ1) is 22.1. The zero-order valence-corrected chi connectivity index (χ0v) is 19.0. The van der Waals surface area contributed by atoms with Gasteiger partial charge in [0.1, 0.15) is 0 Å². The van der Waals surface area contributed by atoms with Gasteiger partial charge in [-0.1, -0.05) is 65.3 Å². The van der Waals surface area contributed by atoms with Gasteiger partial charge in [0.05, 0.1) is 12.0 Å². The monoisotopic (exact) mass is 481 g/mol. The fourth-order valence-electron chi connectivity index (χ4n) is 2.85. The summed E-state index contributed by atoms with van der Waals surface area (Å²) < 4.78 is 1.91. The van der Waals surface area contributed by atoms with Crippen molar-refractivity contribution in [1.29, 1.82) is 0 Å². The van der Waals surface area contributed by atoms with Crippen LogP contribution in [0.25, 0.3) is 17.1 Å². The molecule has 3 aromatic carbocycles. The van der Waals surface area contributed by atoms with Crippen molar-refractivity contribution < 1.29 is 4.79 Å². The summed E-state index contributed by atoms with van der Waals surface area (Å²) in [6, 6.07) is 24.3. The van der Waals surface area contributed by atoms with Crippen LogP contribution >= 0.6 is 35.0 Å². The van der Waals surface area contributed by atoms with Crippen molar-refractivity contribution in [1.82, 2.24) is 20.2 Å². The predicted octanol–water partition coefficient (Wildman–Crippen LogP) is 5.48. The molecule has 0 aliphatic carbocycles. The largest absolute Gasteiger partial charge is 0.272 e. The first-order valence-electron chi connectivity index (χ1n) is 9.57. The van der Waals surface area contributed by atoms with E-state index in [9.17, 15) is 4.79 Å². The topological polar surface area (TPSA) is 72.2 Å². The zero-order valence-electron chi connectivity index (χ0n) is 16.7. The van der Waals surface area contributed by atoms with Gasteiger partial charge < -0.3 is 0 Å². The Kier molecular flexibility index (Phi) is 7.21. The molecule has 0 spiro atoms. The first-order chi connectivity index (χ1) is 15.6. The molecule has 0 saturated carbocycles. The predicted molar refractivity (Wildman–Crippen MR) is 130 cm³/mol. The van der Waals surface area contributed by atoms with Crippen LogP contribution in [0.1, 0.15) is 5.56 Å². The number of halogens is 2. The first-order valence-corrected chi connectivity index (χ1v) is 11.3. The number of thioether (sulfide) groups is 1. The molecule has 0 unspecified atom stereocenters. The molecule has 32 heavy (non-hydrogen) atoms. The van der Waals surface area contributed by atoms with E-state index in [0.717, 1.165) is 16.8 Å². The number of aromatic nitrogens is 3. The van der Waals surface area contributed by atoms with E-state index < -0.39 is 0 Å². The number of nitrogens with one attached hydrogen (secondary N) is 1. The minimum atomic E-state index is -0.254. The lowest BCUT2D eigenvalue weighted by atomic mass is 10.2. The Labute approximate surface area is 199 Å². The highest BCUT2D eigenvalue weighted by atomic mass is 35.5. The summed E-state index contributed by atoms with van der Waals surface area (Å²) in [5.74, 6) is 0.538. The molecule has 4 rings (SSSR count). The molecule has 6 nitrogen and oxygen atoms in total. The summed E-state index contributed by atoms with van der Waals surface area (Å²) in [6.45, 7) is 0. The number of carbonyl (C=O) groups excluding carboxylic acids is 1. The highest BCUT2D eigenvalue weighted by molar-refractivity contribution is 7.99. The van der Waals surface area contributed by atoms with Crippen LogP contribution in [0.5, 0.6) is 0 Å². The van der Waals surface area contributed by atoms with Gasteiger partial charge in [0.2, 0.25) is 0 Å². The molecular weight excluding hydrogens is 465 g/mol. The standard InChI is InChI=1S/C23H17Cl2N5OS/c24-18-10-6-16(7-11-18)14-26-27-21(31)15-32-23-29-28-22(17-8-12-19(25)13-9-17)30(23)20-4-2-1-3-5-20/h1-14H,15H2,(H,27,31). The lowest BCUT2D eigenvalue weighted by Crippen LogP contribution is -2.20. The quantitative estimate of drug-likeness (QED) is 0.215. The van der Waals surface area contributed by atoms with Crippen LogP contribution in [0.3, 0.4) is 0 Å². The number of rotatable bonds is 7. The van der Waals surface area contributed by atoms with Crippen LogP contribution in [0.15, 0.2) is 89.1 Å². The summed E-state index contributed by atoms with van der Waals surface area (Å²) in [6.07, 6.45) is 1.56. The number of carbonyl (C=O) groups is 1. The molecule has 1 amide bonds. The lowest BCUT2D eigenvalue weighted by molar-refractivity contribution is -0.118. The van der Waals surface area contributed by atoms with E-state index in [4.69, 9.17) is 23.2 Å². The van der Waals surface area contributed by atoms with Gasteiger partial charge in [-0.25, -0.2) is 5.43 Å². The number of amides is 1. The molecule has 0 atom stereocenters. The highest BCUT2D eigenvalue weighted by Gasteiger charge is 2.17. The van der Waals surface area contributed by atoms with E-state index in [1.165, 1.54) is 11.8 Å². The second kappa shape index (κ2) is 10.5. The van der Waals surface area contributed by atoms with Crippen molar-refractivity contribution in [3.8, 4) is 17.1 Å². The summed E-state index contributed by atoms with van der Waals surface area (Å²) in [5.41, 5.74) is 5.12. The van der Waals surface area contributed by atoms with Gasteiger partial charge in [0.25, 0.3) is 5.91 Å². The lowest BCUT2D eigenvalue weighted by Gasteiger charge is -2.10. The van der Waals surface area contributed by atoms with Gasteiger partial charge in [-0.15, -0.1) is 10.2 Å². The zero-order chi connectivity index (χ0) is 22.3. The van der Waals surface area contributed by atoms with E-state index in [1.54, 1.807) is 30.5 Å². The maximum atomic E-state index is 12.3. The van der Waals surface area contributed by atoms with Crippen molar-refractivity contribution in [3.63, 3.8) is 0 Å². The summed E-state index contributed by atoms with van der Waals surface area (Å²) in [4.78, 5) is 12.3. The van der Waals surface area contributed by atoms with E-state index in [-0.39, 0.29) is 11.7 Å². The number of benzene rings is 3. The van der Waals surface area contributed by atoms with Crippen LogP contribution < -0.4 is 5.43 Å². The smallest absolute Gasteiger partial charge is 0.250 e. The Balaban J connectivity index is 1.49. The average Bonchev–Trinajstić information content (AvgIpc) is 3.24. The van der Waals surface area contributed by atoms with Gasteiger partial charge in [-0.05, 0) is 54.1 Å². The van der Waals surface area contributed by atoms with Crippen molar-refractivity contribution in [3.05, 3.63) is 94.5 Å².